The lowest BCUT2D eigenvalue weighted by Gasteiger charge is -2.14. The van der Waals surface area contributed by atoms with Crippen molar-refractivity contribution in [1.29, 1.82) is 0 Å². The summed E-state index contributed by atoms with van der Waals surface area (Å²) in [5.74, 6) is 0. The van der Waals surface area contributed by atoms with Gasteiger partial charge < -0.3 is 14.2 Å². The lowest BCUT2D eigenvalue weighted by molar-refractivity contribution is -0.0347. The molecule has 0 N–H and O–H groups in total. The Balaban J connectivity index is 2.26. The maximum Gasteiger partial charge on any atom is 0.104 e. The van der Waals surface area contributed by atoms with Crippen LogP contribution >= 0.6 is 0 Å². The van der Waals surface area contributed by atoms with Crippen LogP contribution in [-0.4, -0.2) is 33.5 Å². The minimum atomic E-state index is 0.00967. The average Bonchev–Trinajstić information content (AvgIpc) is 2.30. The Morgan fingerprint density at radius 1 is 1.06 bits per heavy atom. The van der Waals surface area contributed by atoms with E-state index in [9.17, 15) is 0 Å². The quantitative estimate of drug-likeness (QED) is 0.710. The van der Waals surface area contributed by atoms with E-state index in [-0.39, 0.29) is 6.10 Å². The number of methoxy groups -OCH3 is 2. The largest absolute Gasteiger partial charge is 0.382 e. The molecule has 0 aromatic heterocycles. The molecule has 1 rings (SSSR count). The Labute approximate surface area is 97.3 Å². The molecule has 0 amide bonds. The van der Waals surface area contributed by atoms with Crippen molar-refractivity contribution in [1.82, 2.24) is 0 Å². The summed E-state index contributed by atoms with van der Waals surface area (Å²) in [6.45, 7) is 3.80. The first-order valence-electron chi connectivity index (χ1n) is 5.41. The van der Waals surface area contributed by atoms with Gasteiger partial charge in [0.1, 0.15) is 6.10 Å². The van der Waals surface area contributed by atoms with Crippen LogP contribution in [0.5, 0.6) is 0 Å². The van der Waals surface area contributed by atoms with Crippen molar-refractivity contribution in [2.45, 2.75) is 19.6 Å². The molecule has 1 aromatic carbocycles. The highest BCUT2D eigenvalue weighted by Crippen LogP contribution is 2.05. The Kier molecular flexibility index (Phi) is 6.08. The van der Waals surface area contributed by atoms with Crippen LogP contribution in [0.25, 0.3) is 0 Å². The highest BCUT2D eigenvalue weighted by Gasteiger charge is 2.06. The Bertz CT molecular complexity index is 282. The maximum atomic E-state index is 5.56. The number of rotatable bonds is 7. The molecule has 3 heteroatoms. The number of hydrogen-bond donors (Lipinski definition) is 0. The summed E-state index contributed by atoms with van der Waals surface area (Å²) in [7, 11) is 3.32. The van der Waals surface area contributed by atoms with Crippen molar-refractivity contribution in [3.05, 3.63) is 35.4 Å². The molecule has 16 heavy (non-hydrogen) atoms. The molecule has 0 fully saturated rings. The van der Waals surface area contributed by atoms with Gasteiger partial charge >= 0.3 is 0 Å². The van der Waals surface area contributed by atoms with Gasteiger partial charge in [0.05, 0.1) is 19.8 Å². The zero-order valence-electron chi connectivity index (χ0n) is 10.2. The third kappa shape index (κ3) is 4.75. The highest BCUT2D eigenvalue weighted by molar-refractivity contribution is 5.20. The predicted molar refractivity (Wildman–Crippen MR) is 63.5 cm³/mol. The van der Waals surface area contributed by atoms with Crippen LogP contribution < -0.4 is 0 Å². The van der Waals surface area contributed by atoms with Crippen molar-refractivity contribution in [3.8, 4) is 0 Å². The van der Waals surface area contributed by atoms with Crippen LogP contribution in [0, 0.1) is 6.92 Å². The number of aryl methyl sites for hydroxylation is 1. The smallest absolute Gasteiger partial charge is 0.104 e. The summed E-state index contributed by atoms with van der Waals surface area (Å²) in [5, 5.41) is 0. The average molecular weight is 224 g/mol. The molecular weight excluding hydrogens is 204 g/mol. The molecule has 0 aliphatic rings. The molecule has 90 valence electrons. The van der Waals surface area contributed by atoms with Crippen molar-refractivity contribution in [3.63, 3.8) is 0 Å². The fourth-order valence-corrected chi connectivity index (χ4v) is 1.36. The third-order valence-electron chi connectivity index (χ3n) is 2.38. The van der Waals surface area contributed by atoms with Crippen LogP contribution in [-0.2, 0) is 20.8 Å². The van der Waals surface area contributed by atoms with Crippen molar-refractivity contribution >= 4 is 0 Å². The number of ether oxygens (including phenoxy) is 3. The SMILES string of the molecule is COCC(COCc1ccc(C)cc1)OC. The van der Waals surface area contributed by atoms with E-state index in [1.165, 1.54) is 11.1 Å². The summed E-state index contributed by atoms with van der Waals surface area (Å²) in [4.78, 5) is 0. The van der Waals surface area contributed by atoms with E-state index < -0.39 is 0 Å². The van der Waals surface area contributed by atoms with Gasteiger partial charge in [0, 0.05) is 14.2 Å². The van der Waals surface area contributed by atoms with E-state index in [1.54, 1.807) is 14.2 Å². The van der Waals surface area contributed by atoms with Crippen LogP contribution in [0.2, 0.25) is 0 Å². The molecule has 1 aromatic rings. The molecule has 0 saturated carbocycles. The van der Waals surface area contributed by atoms with Crippen LogP contribution in [0.3, 0.4) is 0 Å². The van der Waals surface area contributed by atoms with Gasteiger partial charge in [0.2, 0.25) is 0 Å². The fourth-order valence-electron chi connectivity index (χ4n) is 1.36. The van der Waals surface area contributed by atoms with E-state index in [1.807, 2.05) is 0 Å². The first-order chi connectivity index (χ1) is 7.76. The van der Waals surface area contributed by atoms with Crippen LogP contribution in [0.4, 0.5) is 0 Å². The van der Waals surface area contributed by atoms with Crippen molar-refractivity contribution < 1.29 is 14.2 Å². The second kappa shape index (κ2) is 7.39. The van der Waals surface area contributed by atoms with E-state index in [0.29, 0.717) is 19.8 Å². The maximum absolute atomic E-state index is 5.56. The van der Waals surface area contributed by atoms with Gasteiger partial charge in [0.25, 0.3) is 0 Å². The van der Waals surface area contributed by atoms with E-state index in [2.05, 4.69) is 31.2 Å². The number of benzene rings is 1. The number of hydrogen-bond acceptors (Lipinski definition) is 3. The van der Waals surface area contributed by atoms with Gasteiger partial charge in [-0.2, -0.15) is 0 Å². The molecule has 0 heterocycles. The predicted octanol–water partition coefficient (Wildman–Crippen LogP) is 2.17. The zero-order valence-corrected chi connectivity index (χ0v) is 10.2. The summed E-state index contributed by atoms with van der Waals surface area (Å²) in [6.07, 6.45) is 0.00967. The standard InChI is InChI=1S/C13H20O3/c1-11-4-6-12(7-5-11)8-16-10-13(15-3)9-14-2/h4-7,13H,8-10H2,1-3H3. The minimum Gasteiger partial charge on any atom is -0.382 e. The molecule has 0 aliphatic carbocycles. The van der Waals surface area contributed by atoms with E-state index in [4.69, 9.17) is 14.2 Å². The second-order valence-corrected chi connectivity index (χ2v) is 3.81. The molecule has 0 aliphatic heterocycles. The van der Waals surface area contributed by atoms with Crippen LogP contribution in [0.15, 0.2) is 24.3 Å². The third-order valence-corrected chi connectivity index (χ3v) is 2.38. The monoisotopic (exact) mass is 224 g/mol. The van der Waals surface area contributed by atoms with Crippen LogP contribution in [0.1, 0.15) is 11.1 Å². The lowest BCUT2D eigenvalue weighted by Crippen LogP contribution is -2.23. The fraction of sp³-hybridized carbons (Fsp3) is 0.538. The second-order valence-electron chi connectivity index (χ2n) is 3.81. The summed E-state index contributed by atoms with van der Waals surface area (Å²) in [5.41, 5.74) is 2.44. The van der Waals surface area contributed by atoms with Gasteiger partial charge in [-0.1, -0.05) is 29.8 Å². The summed E-state index contributed by atoms with van der Waals surface area (Å²) < 4.78 is 15.8. The highest BCUT2D eigenvalue weighted by atomic mass is 16.5. The Morgan fingerprint density at radius 3 is 2.31 bits per heavy atom. The molecule has 0 bridgehead atoms. The van der Waals surface area contributed by atoms with E-state index in [0.717, 1.165) is 0 Å². The van der Waals surface area contributed by atoms with Gasteiger partial charge in [-0.05, 0) is 12.5 Å². The Hall–Kier alpha value is -0.900. The van der Waals surface area contributed by atoms with Crippen molar-refractivity contribution in [2.24, 2.45) is 0 Å². The summed E-state index contributed by atoms with van der Waals surface area (Å²) >= 11 is 0. The molecule has 3 nitrogen and oxygen atoms in total. The van der Waals surface area contributed by atoms with Gasteiger partial charge in [-0.3, -0.25) is 0 Å². The molecular formula is C13H20O3. The normalized spacial score (nSPS) is 12.7. The van der Waals surface area contributed by atoms with Gasteiger partial charge in [-0.25, -0.2) is 0 Å². The molecule has 0 saturated heterocycles. The zero-order chi connectivity index (χ0) is 11.8. The topological polar surface area (TPSA) is 27.7 Å². The first-order valence-corrected chi connectivity index (χ1v) is 5.41. The minimum absolute atomic E-state index is 0.00967. The van der Waals surface area contributed by atoms with Gasteiger partial charge in [-0.15, -0.1) is 0 Å². The van der Waals surface area contributed by atoms with Crippen molar-refractivity contribution in [2.75, 3.05) is 27.4 Å². The summed E-state index contributed by atoms with van der Waals surface area (Å²) in [6, 6.07) is 8.32. The Morgan fingerprint density at radius 2 is 1.75 bits per heavy atom. The molecule has 0 spiro atoms. The lowest BCUT2D eigenvalue weighted by atomic mass is 10.2. The van der Waals surface area contributed by atoms with E-state index >= 15 is 0 Å². The molecule has 1 unspecified atom stereocenters. The molecule has 1 atom stereocenters. The van der Waals surface area contributed by atoms with Gasteiger partial charge in [0.15, 0.2) is 0 Å². The molecule has 0 radical (unpaired) electrons. The first kappa shape index (κ1) is 13.2.